The molecule has 158 valence electrons. The molecule has 3 atom stereocenters. The van der Waals surface area contributed by atoms with Gasteiger partial charge in [-0.3, -0.25) is 4.79 Å². The predicted molar refractivity (Wildman–Crippen MR) is 116 cm³/mol. The number of rotatable bonds is 4. The molecule has 1 saturated heterocycles. The number of carbonyl (C=O) groups is 1. The topological polar surface area (TPSA) is 70.0 Å². The highest BCUT2D eigenvalue weighted by Gasteiger charge is 2.40. The molecule has 5 nitrogen and oxygen atoms in total. The minimum absolute atomic E-state index is 0.0604. The van der Waals surface area contributed by atoms with Gasteiger partial charge in [0.1, 0.15) is 6.10 Å². The van der Waals surface area contributed by atoms with E-state index in [-0.39, 0.29) is 17.8 Å². The van der Waals surface area contributed by atoms with Crippen molar-refractivity contribution >= 4 is 17.2 Å². The highest BCUT2D eigenvalue weighted by Crippen LogP contribution is 2.48. The lowest BCUT2D eigenvalue weighted by atomic mass is 9.65. The Balaban J connectivity index is 2.00. The van der Waals surface area contributed by atoms with Crippen molar-refractivity contribution in [2.24, 2.45) is 5.41 Å². The van der Waals surface area contributed by atoms with Gasteiger partial charge in [0.25, 0.3) is 0 Å². The third-order valence-electron chi connectivity index (χ3n) is 5.83. The second-order valence-corrected chi connectivity index (χ2v) is 9.55. The highest BCUT2D eigenvalue weighted by molar-refractivity contribution is 5.75. The van der Waals surface area contributed by atoms with Crippen LogP contribution in [0.25, 0.3) is 5.57 Å². The van der Waals surface area contributed by atoms with Gasteiger partial charge in [0.05, 0.1) is 18.1 Å². The minimum atomic E-state index is -0.788. The van der Waals surface area contributed by atoms with Crippen LogP contribution in [0.4, 0.5) is 5.69 Å². The van der Waals surface area contributed by atoms with Gasteiger partial charge in [-0.1, -0.05) is 32.1 Å². The van der Waals surface area contributed by atoms with Gasteiger partial charge in [0.15, 0.2) is 0 Å². The Morgan fingerprint density at radius 3 is 2.41 bits per heavy atom. The third-order valence-corrected chi connectivity index (χ3v) is 5.83. The molecule has 1 aromatic carbocycles. The molecule has 1 aliphatic carbocycles. The van der Waals surface area contributed by atoms with Crippen LogP contribution < -0.4 is 4.90 Å². The molecule has 1 unspecified atom stereocenters. The maximum Gasteiger partial charge on any atom is 0.309 e. The fraction of sp³-hybridized carbons (Fsp3) is 0.542. The summed E-state index contributed by atoms with van der Waals surface area (Å²) >= 11 is 0. The Kier molecular flexibility index (Phi) is 5.93. The second kappa shape index (κ2) is 7.96. The van der Waals surface area contributed by atoms with Gasteiger partial charge < -0.3 is 19.8 Å². The van der Waals surface area contributed by atoms with Crippen molar-refractivity contribution in [1.29, 1.82) is 0 Å². The Hall–Kier alpha value is -2.11. The van der Waals surface area contributed by atoms with Crippen molar-refractivity contribution in [3.05, 3.63) is 47.6 Å². The molecule has 1 aromatic rings. The number of aliphatic hydroxyl groups excluding tert-OH is 1. The minimum Gasteiger partial charge on any atom is -0.458 e. The lowest BCUT2D eigenvalue weighted by molar-refractivity contribution is -0.156. The number of esters is 1. The van der Waals surface area contributed by atoms with Crippen LogP contribution in [-0.2, 0) is 9.53 Å². The van der Waals surface area contributed by atoms with Gasteiger partial charge in [0, 0.05) is 32.6 Å². The largest absolute Gasteiger partial charge is 0.458 e. The summed E-state index contributed by atoms with van der Waals surface area (Å²) in [6.07, 6.45) is 4.51. The zero-order chi connectivity index (χ0) is 21.4. The van der Waals surface area contributed by atoms with Gasteiger partial charge in [-0.25, -0.2) is 0 Å². The molecule has 2 N–H and O–H groups in total. The van der Waals surface area contributed by atoms with E-state index in [4.69, 9.17) is 4.74 Å². The molecule has 0 aromatic heterocycles. The molecule has 1 aliphatic heterocycles. The summed E-state index contributed by atoms with van der Waals surface area (Å²) in [6, 6.07) is 8.36. The van der Waals surface area contributed by atoms with Crippen LogP contribution in [0.3, 0.4) is 0 Å². The van der Waals surface area contributed by atoms with Crippen molar-refractivity contribution in [3.63, 3.8) is 0 Å². The number of hydrogen-bond donors (Lipinski definition) is 2. The Labute approximate surface area is 173 Å². The van der Waals surface area contributed by atoms with Crippen molar-refractivity contribution in [2.75, 3.05) is 19.0 Å². The SMILES string of the molecule is CN(C)c1ccc(C2=C(C=C[C@@H]3C[C@@H](O)CC(=O)O3)C(C)(C)CC(C)(O)C2)cc1. The number of hydrogen-bond acceptors (Lipinski definition) is 5. The van der Waals surface area contributed by atoms with Crippen LogP contribution in [0.5, 0.6) is 0 Å². The van der Waals surface area contributed by atoms with Gasteiger partial charge >= 0.3 is 5.97 Å². The van der Waals surface area contributed by atoms with E-state index in [2.05, 4.69) is 43.0 Å². The van der Waals surface area contributed by atoms with E-state index in [1.165, 1.54) is 0 Å². The maximum atomic E-state index is 11.7. The van der Waals surface area contributed by atoms with Gasteiger partial charge in [0.2, 0.25) is 0 Å². The molecule has 2 aliphatic rings. The number of carbonyl (C=O) groups excluding carboxylic acids is 1. The summed E-state index contributed by atoms with van der Waals surface area (Å²) in [5.41, 5.74) is 3.42. The Morgan fingerprint density at radius 1 is 1.17 bits per heavy atom. The molecule has 0 amide bonds. The standard InChI is InChI=1S/C24H33NO4/c1-23(2)15-24(3,28)14-20(16-6-8-17(9-7-16)25(4)5)21(23)11-10-19-12-18(26)13-22(27)29-19/h6-11,18-19,26,28H,12-15H2,1-5H3/t18-,19-,24?/m1/s1. The molecular weight excluding hydrogens is 366 g/mol. The first-order chi connectivity index (χ1) is 13.5. The average Bonchev–Trinajstić information content (AvgIpc) is 2.58. The number of cyclic esters (lactones) is 1. The van der Waals surface area contributed by atoms with Crippen LogP contribution in [0.15, 0.2) is 42.0 Å². The zero-order valence-corrected chi connectivity index (χ0v) is 18.1. The number of ether oxygens (including phenoxy) is 1. The number of allylic oxidation sites excluding steroid dienone is 2. The molecule has 29 heavy (non-hydrogen) atoms. The highest BCUT2D eigenvalue weighted by atomic mass is 16.5. The van der Waals surface area contributed by atoms with Crippen LogP contribution in [0.1, 0.15) is 52.0 Å². The quantitative estimate of drug-likeness (QED) is 0.756. The van der Waals surface area contributed by atoms with E-state index in [0.717, 1.165) is 22.4 Å². The van der Waals surface area contributed by atoms with Crippen LogP contribution >= 0.6 is 0 Å². The van der Waals surface area contributed by atoms with E-state index in [9.17, 15) is 15.0 Å². The maximum absolute atomic E-state index is 11.7. The predicted octanol–water partition coefficient (Wildman–Crippen LogP) is 3.70. The molecule has 3 rings (SSSR count). The first-order valence-corrected chi connectivity index (χ1v) is 10.3. The number of anilines is 1. The molecule has 0 saturated carbocycles. The molecule has 0 bridgehead atoms. The zero-order valence-electron chi connectivity index (χ0n) is 18.1. The first-order valence-electron chi connectivity index (χ1n) is 10.3. The smallest absolute Gasteiger partial charge is 0.309 e. The number of benzene rings is 1. The van der Waals surface area contributed by atoms with Gasteiger partial charge in [-0.05, 0) is 53.7 Å². The lowest BCUT2D eigenvalue weighted by Gasteiger charge is -2.42. The van der Waals surface area contributed by atoms with Crippen LogP contribution in [-0.4, -0.2) is 48.1 Å². The fourth-order valence-corrected chi connectivity index (χ4v) is 4.67. The third kappa shape index (κ3) is 5.09. The molecule has 0 spiro atoms. The molecule has 0 radical (unpaired) electrons. The van der Waals surface area contributed by atoms with Gasteiger partial charge in [-0.2, -0.15) is 0 Å². The van der Waals surface area contributed by atoms with E-state index < -0.39 is 17.8 Å². The fourth-order valence-electron chi connectivity index (χ4n) is 4.67. The summed E-state index contributed by atoms with van der Waals surface area (Å²) < 4.78 is 5.38. The second-order valence-electron chi connectivity index (χ2n) is 9.55. The molecule has 1 fully saturated rings. The number of aliphatic hydroxyl groups is 2. The lowest BCUT2D eigenvalue weighted by Crippen LogP contribution is -2.37. The van der Waals surface area contributed by atoms with E-state index in [1.807, 2.05) is 33.2 Å². The number of nitrogens with zero attached hydrogens (tertiary/aromatic N) is 1. The Morgan fingerprint density at radius 2 is 1.83 bits per heavy atom. The van der Waals surface area contributed by atoms with Crippen molar-refractivity contribution in [2.45, 2.75) is 64.3 Å². The van der Waals surface area contributed by atoms with Crippen molar-refractivity contribution < 1.29 is 19.7 Å². The summed E-state index contributed by atoms with van der Waals surface area (Å²) in [6.45, 7) is 6.16. The normalized spacial score (nSPS) is 29.8. The molecule has 5 heteroatoms. The average molecular weight is 400 g/mol. The van der Waals surface area contributed by atoms with Crippen molar-refractivity contribution in [1.82, 2.24) is 0 Å². The van der Waals surface area contributed by atoms with E-state index >= 15 is 0 Å². The first kappa shape index (κ1) is 21.6. The van der Waals surface area contributed by atoms with Crippen molar-refractivity contribution in [3.8, 4) is 0 Å². The summed E-state index contributed by atoms with van der Waals surface area (Å²) in [4.78, 5) is 13.7. The van der Waals surface area contributed by atoms with E-state index in [1.54, 1.807) is 0 Å². The monoisotopic (exact) mass is 399 g/mol. The Bertz CT molecular complexity index is 818. The van der Waals surface area contributed by atoms with Gasteiger partial charge in [-0.15, -0.1) is 0 Å². The van der Waals surface area contributed by atoms with E-state index in [0.29, 0.717) is 19.3 Å². The van der Waals surface area contributed by atoms with Crippen LogP contribution in [0.2, 0.25) is 0 Å². The van der Waals surface area contributed by atoms with Crippen LogP contribution in [0, 0.1) is 5.41 Å². The summed E-state index contributed by atoms with van der Waals surface area (Å²) in [5.74, 6) is -0.363. The summed E-state index contributed by atoms with van der Waals surface area (Å²) in [7, 11) is 4.02. The summed E-state index contributed by atoms with van der Waals surface area (Å²) in [5, 5.41) is 20.8. The molecule has 1 heterocycles. The molecular formula is C24H33NO4.